The fourth-order valence-corrected chi connectivity index (χ4v) is 3.19. The number of aromatic hydroxyl groups is 1. The molecule has 1 heterocycles. The molecule has 1 aromatic carbocycles. The minimum absolute atomic E-state index is 0.334. The third-order valence-electron chi connectivity index (χ3n) is 4.84. The highest BCUT2D eigenvalue weighted by atomic mass is 19.4. The van der Waals surface area contributed by atoms with Gasteiger partial charge < -0.3 is 19.3 Å². The molecular weight excluding hydrogens is 367 g/mol. The molecule has 0 aromatic heterocycles. The zero-order valence-corrected chi connectivity index (χ0v) is 14.3. The summed E-state index contributed by atoms with van der Waals surface area (Å²) in [5, 5.41) is 9.57. The summed E-state index contributed by atoms with van der Waals surface area (Å²) in [6.45, 7) is 1.90. The number of carbonyl (C=O) groups is 1. The Balaban J connectivity index is 2.71. The van der Waals surface area contributed by atoms with E-state index in [0.29, 0.717) is 0 Å². The van der Waals surface area contributed by atoms with Gasteiger partial charge in [0.05, 0.1) is 14.2 Å². The van der Waals surface area contributed by atoms with Gasteiger partial charge in [-0.1, -0.05) is 6.92 Å². The first kappa shape index (κ1) is 20.2. The van der Waals surface area contributed by atoms with Crippen molar-refractivity contribution in [2.45, 2.75) is 37.6 Å². The number of benzene rings is 1. The molecule has 4 atom stereocenters. The van der Waals surface area contributed by atoms with Gasteiger partial charge in [0, 0.05) is 17.4 Å². The largest absolute Gasteiger partial charge is 0.505 e. The second kappa shape index (κ2) is 6.57. The number of phenols is 1. The third kappa shape index (κ3) is 2.85. The smallest absolute Gasteiger partial charge is 0.417 e. The van der Waals surface area contributed by atoms with Gasteiger partial charge in [0.25, 0.3) is 0 Å². The number of ether oxygens (including phenoxy) is 3. The second-order valence-electron chi connectivity index (χ2n) is 6.13. The number of halogens is 5. The molecule has 1 saturated heterocycles. The van der Waals surface area contributed by atoms with Gasteiger partial charge in [-0.05, 0) is 13.0 Å². The SMILES string of the molecule is COC(=O)[C@H]1O[C@@](C)(C(F)(F)F)[C@@H](C)[C@H]1c1cc(O)c(F)c(F)c1OC. The van der Waals surface area contributed by atoms with Crippen LogP contribution in [0.3, 0.4) is 0 Å². The molecule has 0 bridgehead atoms. The lowest BCUT2D eigenvalue weighted by Gasteiger charge is -2.32. The van der Waals surface area contributed by atoms with E-state index in [-0.39, 0.29) is 5.56 Å². The minimum atomic E-state index is -4.86. The van der Waals surface area contributed by atoms with Crippen LogP contribution < -0.4 is 4.74 Å². The Labute approximate surface area is 145 Å². The fraction of sp³-hybridized carbons (Fsp3) is 0.562. The molecule has 0 unspecified atom stereocenters. The van der Waals surface area contributed by atoms with Crippen molar-refractivity contribution in [1.82, 2.24) is 0 Å². The van der Waals surface area contributed by atoms with Gasteiger partial charge in [0.1, 0.15) is 0 Å². The van der Waals surface area contributed by atoms with Crippen LogP contribution in [0.4, 0.5) is 22.0 Å². The molecule has 0 spiro atoms. The van der Waals surface area contributed by atoms with Crippen molar-refractivity contribution in [3.05, 3.63) is 23.3 Å². The standard InChI is InChI=1S/C16H17F5O5/c1-6-9(7-5-8(22)10(17)11(18)12(7)24-3)13(14(23)25-4)26-15(6,2)16(19,20)21/h5-6,9,13,22H,1-4H3/t6-,9-,13-,15+/m0/s1. The van der Waals surface area contributed by atoms with Crippen LogP contribution in [-0.2, 0) is 14.3 Å². The highest BCUT2D eigenvalue weighted by Crippen LogP contribution is 2.55. The molecule has 5 nitrogen and oxygen atoms in total. The predicted octanol–water partition coefficient (Wildman–Crippen LogP) is 3.29. The normalized spacial score (nSPS) is 28.9. The van der Waals surface area contributed by atoms with Gasteiger partial charge in [-0.2, -0.15) is 22.0 Å². The average Bonchev–Trinajstić information content (AvgIpc) is 2.84. The van der Waals surface area contributed by atoms with Crippen molar-refractivity contribution in [3.63, 3.8) is 0 Å². The van der Waals surface area contributed by atoms with E-state index in [4.69, 9.17) is 9.47 Å². The molecule has 0 saturated carbocycles. The Morgan fingerprint density at radius 1 is 1.27 bits per heavy atom. The average molecular weight is 384 g/mol. The first-order valence-electron chi connectivity index (χ1n) is 7.47. The van der Waals surface area contributed by atoms with Crippen LogP contribution in [-0.4, -0.2) is 43.2 Å². The van der Waals surface area contributed by atoms with Gasteiger partial charge in [0.2, 0.25) is 11.6 Å². The monoisotopic (exact) mass is 384 g/mol. The Morgan fingerprint density at radius 3 is 2.31 bits per heavy atom. The maximum Gasteiger partial charge on any atom is 0.417 e. The zero-order valence-electron chi connectivity index (χ0n) is 14.3. The summed E-state index contributed by atoms with van der Waals surface area (Å²) in [7, 11) is 1.94. The van der Waals surface area contributed by atoms with Gasteiger partial charge in [0.15, 0.2) is 23.2 Å². The summed E-state index contributed by atoms with van der Waals surface area (Å²) in [4.78, 5) is 12.0. The van der Waals surface area contributed by atoms with Crippen LogP contribution in [0.1, 0.15) is 25.3 Å². The van der Waals surface area contributed by atoms with E-state index in [1.165, 1.54) is 0 Å². The van der Waals surface area contributed by atoms with Gasteiger partial charge in [-0.25, -0.2) is 4.79 Å². The molecule has 2 rings (SSSR count). The maximum atomic E-state index is 14.1. The van der Waals surface area contributed by atoms with Crippen LogP contribution in [0.15, 0.2) is 6.07 Å². The fourth-order valence-electron chi connectivity index (χ4n) is 3.19. The third-order valence-corrected chi connectivity index (χ3v) is 4.84. The van der Waals surface area contributed by atoms with E-state index in [9.17, 15) is 31.9 Å². The van der Waals surface area contributed by atoms with Gasteiger partial charge in [-0.3, -0.25) is 0 Å². The molecular formula is C16H17F5O5. The molecule has 1 N–H and O–H groups in total. The van der Waals surface area contributed by atoms with Crippen molar-refractivity contribution in [1.29, 1.82) is 0 Å². The topological polar surface area (TPSA) is 65.0 Å². The molecule has 0 radical (unpaired) electrons. The lowest BCUT2D eigenvalue weighted by molar-refractivity contribution is -0.274. The van der Waals surface area contributed by atoms with E-state index in [2.05, 4.69) is 4.74 Å². The summed E-state index contributed by atoms with van der Waals surface area (Å²) in [5.41, 5.74) is -3.10. The number of hydrogen-bond acceptors (Lipinski definition) is 5. The molecule has 0 amide bonds. The van der Waals surface area contributed by atoms with Crippen LogP contribution in [0.25, 0.3) is 0 Å². The molecule has 26 heavy (non-hydrogen) atoms. The van der Waals surface area contributed by atoms with Gasteiger partial charge in [-0.15, -0.1) is 0 Å². The maximum absolute atomic E-state index is 14.1. The number of phenolic OH excluding ortho intramolecular Hbond substituents is 1. The highest BCUT2D eigenvalue weighted by Gasteiger charge is 2.66. The van der Waals surface area contributed by atoms with Crippen molar-refractivity contribution in [3.8, 4) is 11.5 Å². The van der Waals surface area contributed by atoms with Crippen LogP contribution in [0.5, 0.6) is 11.5 Å². The minimum Gasteiger partial charge on any atom is -0.505 e. The molecule has 1 aliphatic heterocycles. The Kier molecular flexibility index (Phi) is 5.10. The van der Waals surface area contributed by atoms with Crippen molar-refractivity contribution >= 4 is 5.97 Å². The molecule has 0 aliphatic carbocycles. The van der Waals surface area contributed by atoms with E-state index in [1.54, 1.807) is 0 Å². The Morgan fingerprint density at radius 2 is 1.85 bits per heavy atom. The highest BCUT2D eigenvalue weighted by molar-refractivity contribution is 5.77. The molecule has 1 aromatic rings. The van der Waals surface area contributed by atoms with E-state index in [1.807, 2.05) is 0 Å². The van der Waals surface area contributed by atoms with Crippen LogP contribution >= 0.6 is 0 Å². The molecule has 1 aliphatic rings. The number of carbonyl (C=O) groups excluding carboxylic acids is 1. The number of rotatable bonds is 3. The van der Waals surface area contributed by atoms with E-state index in [0.717, 1.165) is 34.1 Å². The quantitative estimate of drug-likeness (QED) is 0.640. The van der Waals surface area contributed by atoms with Crippen molar-refractivity contribution < 1.29 is 46.1 Å². The number of methoxy groups -OCH3 is 2. The van der Waals surface area contributed by atoms with E-state index >= 15 is 0 Å². The lowest BCUT2D eigenvalue weighted by atomic mass is 9.77. The predicted molar refractivity (Wildman–Crippen MR) is 77.8 cm³/mol. The second-order valence-corrected chi connectivity index (χ2v) is 6.13. The first-order valence-corrected chi connectivity index (χ1v) is 7.47. The van der Waals surface area contributed by atoms with Crippen molar-refractivity contribution in [2.75, 3.05) is 14.2 Å². The number of esters is 1. The molecule has 146 valence electrons. The Bertz CT molecular complexity index is 720. The summed E-state index contributed by atoms with van der Waals surface area (Å²) < 4.78 is 82.6. The van der Waals surface area contributed by atoms with Gasteiger partial charge >= 0.3 is 12.1 Å². The molecule has 10 heteroatoms. The summed E-state index contributed by atoms with van der Waals surface area (Å²) in [5.74, 6) is -9.00. The van der Waals surface area contributed by atoms with Crippen LogP contribution in [0, 0.1) is 17.6 Å². The Hall–Kier alpha value is -2.10. The molecule has 1 fully saturated rings. The lowest BCUT2D eigenvalue weighted by Crippen LogP contribution is -2.47. The van der Waals surface area contributed by atoms with Crippen LogP contribution in [0.2, 0.25) is 0 Å². The summed E-state index contributed by atoms with van der Waals surface area (Å²) >= 11 is 0. The zero-order chi connectivity index (χ0) is 20.0. The first-order chi connectivity index (χ1) is 11.9. The summed E-state index contributed by atoms with van der Waals surface area (Å²) in [6, 6.07) is 0.722. The van der Waals surface area contributed by atoms with E-state index < -0.39 is 58.8 Å². The summed E-state index contributed by atoms with van der Waals surface area (Å²) in [6.07, 6.45) is -6.62. The number of hydrogen-bond donors (Lipinski definition) is 1. The van der Waals surface area contributed by atoms with Crippen molar-refractivity contribution in [2.24, 2.45) is 5.92 Å². The number of alkyl halides is 3.